The van der Waals surface area contributed by atoms with Crippen LogP contribution in [0.3, 0.4) is 0 Å². The van der Waals surface area contributed by atoms with Gasteiger partial charge < -0.3 is 4.90 Å². The van der Waals surface area contributed by atoms with Gasteiger partial charge in [0.05, 0.1) is 0 Å². The number of nitrogens with zero attached hydrogens (tertiary/aromatic N) is 1. The lowest BCUT2D eigenvalue weighted by atomic mass is 9.76. The molecule has 0 unspecified atom stereocenters. The predicted molar refractivity (Wildman–Crippen MR) is 255 cm³/mol. The van der Waals surface area contributed by atoms with Crippen LogP contribution in [0.15, 0.2) is 212 Å². The summed E-state index contributed by atoms with van der Waals surface area (Å²) in [6, 6.07) is 77.9. The summed E-state index contributed by atoms with van der Waals surface area (Å²) >= 11 is 0. The zero-order valence-electron chi connectivity index (χ0n) is 33.6. The Bertz CT molecular complexity index is 2960. The number of benzene rings is 9. The largest absolute Gasteiger partial charge is 0.310 e. The summed E-state index contributed by atoms with van der Waals surface area (Å²) in [7, 11) is 0. The monoisotopic (exact) mass is 767 g/mol. The number of hydrogen-bond acceptors (Lipinski definition) is 1. The summed E-state index contributed by atoms with van der Waals surface area (Å²) in [5, 5.41) is 2.55. The van der Waals surface area contributed by atoms with Gasteiger partial charge >= 0.3 is 0 Å². The standard InChI is InChI=1S/C59H45N/c1-5-16-44(17-6-1)50-36-37-52(45-18-7-2-8-19-45)58-51(24-15-25-55(50)58)46-31-28-42(29-32-46)26-27-43-30-34-53-54-35-33-49(41-57(54)59(56(53)40-43)38-13-14-39-59)60(47-20-9-3-10-21-47)48-22-11-4-12-23-48/h1-12,15-37,40-41H,13-14,38-39H2/b27-26+. The van der Waals surface area contributed by atoms with Gasteiger partial charge in [-0.2, -0.15) is 0 Å². The van der Waals surface area contributed by atoms with Crippen LogP contribution in [0.2, 0.25) is 0 Å². The van der Waals surface area contributed by atoms with E-state index in [0.717, 1.165) is 0 Å². The second kappa shape index (κ2) is 15.2. The first-order chi connectivity index (χ1) is 29.7. The molecule has 0 aliphatic heterocycles. The molecule has 2 aliphatic rings. The van der Waals surface area contributed by atoms with Gasteiger partial charge in [0.25, 0.3) is 0 Å². The molecule has 0 N–H and O–H groups in total. The van der Waals surface area contributed by atoms with E-state index in [-0.39, 0.29) is 5.41 Å². The molecule has 1 heteroatoms. The van der Waals surface area contributed by atoms with Crippen molar-refractivity contribution in [2.75, 3.05) is 4.90 Å². The third kappa shape index (κ3) is 6.26. The molecule has 1 fully saturated rings. The first-order valence-corrected chi connectivity index (χ1v) is 21.4. The van der Waals surface area contributed by atoms with Crippen molar-refractivity contribution in [1.82, 2.24) is 0 Å². The summed E-state index contributed by atoms with van der Waals surface area (Å²) < 4.78 is 0. The molecule has 0 amide bonds. The van der Waals surface area contributed by atoms with Crippen molar-refractivity contribution >= 4 is 40.0 Å². The highest BCUT2D eigenvalue weighted by Crippen LogP contribution is 2.58. The first-order valence-electron chi connectivity index (χ1n) is 21.4. The topological polar surface area (TPSA) is 3.24 Å². The van der Waals surface area contributed by atoms with Gasteiger partial charge in [0.1, 0.15) is 0 Å². The van der Waals surface area contributed by atoms with Crippen LogP contribution in [0.1, 0.15) is 47.9 Å². The van der Waals surface area contributed by atoms with Gasteiger partial charge in [-0.15, -0.1) is 0 Å². The maximum Gasteiger partial charge on any atom is 0.0465 e. The fraction of sp³-hybridized carbons (Fsp3) is 0.0847. The van der Waals surface area contributed by atoms with Crippen molar-refractivity contribution in [2.45, 2.75) is 31.1 Å². The van der Waals surface area contributed by atoms with Crippen LogP contribution < -0.4 is 4.90 Å². The Morgan fingerprint density at radius 2 is 0.833 bits per heavy atom. The van der Waals surface area contributed by atoms with E-state index in [9.17, 15) is 0 Å². The van der Waals surface area contributed by atoms with Gasteiger partial charge in [0.15, 0.2) is 0 Å². The lowest BCUT2D eigenvalue weighted by Crippen LogP contribution is -2.21. The quantitative estimate of drug-likeness (QED) is 0.139. The molecule has 0 radical (unpaired) electrons. The Morgan fingerprint density at radius 1 is 0.350 bits per heavy atom. The average molecular weight is 768 g/mol. The minimum Gasteiger partial charge on any atom is -0.310 e. The van der Waals surface area contributed by atoms with Crippen molar-refractivity contribution < 1.29 is 0 Å². The molecule has 0 aromatic heterocycles. The third-order valence-electron chi connectivity index (χ3n) is 13.0. The second-order valence-electron chi connectivity index (χ2n) is 16.4. The number of rotatable bonds is 8. The summed E-state index contributed by atoms with van der Waals surface area (Å²) in [5.41, 5.74) is 19.3. The SMILES string of the molecule is C(=C\c1ccc2c(c1)C1(CCCC1)c1cc(N(c3ccccc3)c3ccccc3)ccc1-2)/c1ccc(-c2cccc3c(-c4ccccc4)ccc(-c4ccccc4)c23)cc1. The predicted octanol–water partition coefficient (Wildman–Crippen LogP) is 16.3. The van der Waals surface area contributed by atoms with Crippen LogP contribution in [0.25, 0.3) is 67.4 Å². The van der Waals surface area contributed by atoms with E-state index in [2.05, 4.69) is 229 Å². The van der Waals surface area contributed by atoms with Crippen LogP contribution in [0.5, 0.6) is 0 Å². The number of anilines is 3. The molecule has 2 aliphatic carbocycles. The highest BCUT2D eigenvalue weighted by Gasteiger charge is 2.45. The molecule has 1 spiro atoms. The summed E-state index contributed by atoms with van der Waals surface area (Å²) in [4.78, 5) is 2.40. The van der Waals surface area contributed by atoms with Gasteiger partial charge in [0, 0.05) is 22.5 Å². The Balaban J connectivity index is 0.924. The number of fused-ring (bicyclic) bond motifs is 6. The van der Waals surface area contributed by atoms with Crippen molar-refractivity contribution in [3.05, 3.63) is 235 Å². The minimum atomic E-state index is 0.0443. The van der Waals surface area contributed by atoms with Crippen molar-refractivity contribution in [3.8, 4) is 44.5 Å². The number of hydrogen-bond donors (Lipinski definition) is 0. The molecule has 0 bridgehead atoms. The highest BCUT2D eigenvalue weighted by atomic mass is 15.1. The zero-order valence-corrected chi connectivity index (χ0v) is 33.6. The maximum atomic E-state index is 2.50. The molecule has 0 saturated heterocycles. The van der Waals surface area contributed by atoms with E-state index >= 15 is 0 Å². The van der Waals surface area contributed by atoms with Gasteiger partial charge in [0.2, 0.25) is 0 Å². The van der Waals surface area contributed by atoms with Crippen LogP contribution in [0.4, 0.5) is 17.1 Å². The van der Waals surface area contributed by atoms with Gasteiger partial charge in [-0.1, -0.05) is 201 Å². The maximum absolute atomic E-state index is 2.50. The van der Waals surface area contributed by atoms with E-state index in [1.54, 1.807) is 0 Å². The van der Waals surface area contributed by atoms with Crippen LogP contribution in [-0.2, 0) is 5.41 Å². The van der Waals surface area contributed by atoms with Crippen molar-refractivity contribution in [3.63, 3.8) is 0 Å². The minimum absolute atomic E-state index is 0.0443. The number of para-hydroxylation sites is 2. The smallest absolute Gasteiger partial charge is 0.0465 e. The second-order valence-corrected chi connectivity index (χ2v) is 16.4. The first kappa shape index (κ1) is 35.9. The molecular formula is C59H45N. The molecule has 0 heterocycles. The van der Waals surface area contributed by atoms with Crippen molar-refractivity contribution in [1.29, 1.82) is 0 Å². The molecule has 60 heavy (non-hydrogen) atoms. The lowest BCUT2D eigenvalue weighted by Gasteiger charge is -2.30. The Hall–Kier alpha value is -7.22. The zero-order chi connectivity index (χ0) is 39.9. The fourth-order valence-electron chi connectivity index (χ4n) is 10.2. The average Bonchev–Trinajstić information content (AvgIpc) is 3.92. The molecule has 9 aromatic carbocycles. The van der Waals surface area contributed by atoms with Gasteiger partial charge in [-0.25, -0.2) is 0 Å². The van der Waals surface area contributed by atoms with Crippen LogP contribution in [0, 0.1) is 0 Å². The summed E-state index contributed by atoms with van der Waals surface area (Å²) in [6.45, 7) is 0. The molecule has 1 saturated carbocycles. The van der Waals surface area contributed by atoms with E-state index < -0.39 is 0 Å². The van der Waals surface area contributed by atoms with E-state index in [0.29, 0.717) is 0 Å². The van der Waals surface area contributed by atoms with Gasteiger partial charge in [-0.05, 0) is 127 Å². The molecule has 11 rings (SSSR count). The molecule has 9 aromatic rings. The summed E-state index contributed by atoms with van der Waals surface area (Å²) in [6.07, 6.45) is 9.47. The van der Waals surface area contributed by atoms with Crippen molar-refractivity contribution in [2.24, 2.45) is 0 Å². The van der Waals surface area contributed by atoms with Crippen LogP contribution in [-0.4, -0.2) is 0 Å². The van der Waals surface area contributed by atoms with E-state index in [1.165, 1.54) is 120 Å². The lowest BCUT2D eigenvalue weighted by molar-refractivity contribution is 0.550. The molecular weight excluding hydrogens is 723 g/mol. The highest BCUT2D eigenvalue weighted by molar-refractivity contribution is 6.12. The molecule has 286 valence electrons. The molecule has 0 atom stereocenters. The van der Waals surface area contributed by atoms with Gasteiger partial charge in [-0.3, -0.25) is 0 Å². The molecule has 1 nitrogen and oxygen atoms in total. The Labute approximate surface area is 353 Å². The Morgan fingerprint density at radius 3 is 1.48 bits per heavy atom. The third-order valence-corrected chi connectivity index (χ3v) is 13.0. The van der Waals surface area contributed by atoms with E-state index in [1.807, 2.05) is 0 Å². The van der Waals surface area contributed by atoms with E-state index in [4.69, 9.17) is 0 Å². The fourth-order valence-corrected chi connectivity index (χ4v) is 10.2. The van der Waals surface area contributed by atoms with Crippen LogP contribution >= 0.6 is 0 Å². The normalized spacial score (nSPS) is 13.8. The summed E-state index contributed by atoms with van der Waals surface area (Å²) in [5.74, 6) is 0. The Kier molecular flexibility index (Phi) is 9.09.